The van der Waals surface area contributed by atoms with E-state index in [0.29, 0.717) is 16.4 Å². The number of sulfonamides is 1. The van der Waals surface area contributed by atoms with E-state index < -0.39 is 10.0 Å². The van der Waals surface area contributed by atoms with Gasteiger partial charge in [0.2, 0.25) is 5.91 Å². The molecule has 11 heteroatoms. The van der Waals surface area contributed by atoms with E-state index in [9.17, 15) is 13.2 Å². The van der Waals surface area contributed by atoms with Crippen LogP contribution in [0.15, 0.2) is 52.2 Å². The number of hydrogen-bond donors (Lipinski definition) is 1. The van der Waals surface area contributed by atoms with Crippen LogP contribution in [0.25, 0.3) is 21.6 Å². The van der Waals surface area contributed by atoms with Gasteiger partial charge in [-0.3, -0.25) is 14.0 Å². The molecule has 4 aromatic rings. The van der Waals surface area contributed by atoms with Crippen LogP contribution in [0.4, 0.5) is 5.69 Å². The number of anilines is 1. The van der Waals surface area contributed by atoms with E-state index in [1.165, 1.54) is 15.6 Å². The van der Waals surface area contributed by atoms with Crippen LogP contribution in [-0.4, -0.2) is 66.8 Å². The number of nitrogens with one attached hydrogen (secondary N) is 1. The predicted octanol–water partition coefficient (Wildman–Crippen LogP) is 4.23. The lowest BCUT2D eigenvalue weighted by Crippen LogP contribution is -2.47. The van der Waals surface area contributed by atoms with Gasteiger partial charge in [0, 0.05) is 62.7 Å². The second-order valence-corrected chi connectivity index (χ2v) is 12.6. The first kappa shape index (κ1) is 24.0. The van der Waals surface area contributed by atoms with Crippen molar-refractivity contribution in [3.63, 3.8) is 0 Å². The number of benzene rings is 1. The maximum atomic E-state index is 13.3. The van der Waals surface area contributed by atoms with Gasteiger partial charge in [0.25, 0.3) is 10.0 Å². The van der Waals surface area contributed by atoms with Crippen molar-refractivity contribution < 1.29 is 13.2 Å². The summed E-state index contributed by atoms with van der Waals surface area (Å²) in [6, 6.07) is 11.1. The van der Waals surface area contributed by atoms with Gasteiger partial charge in [-0.05, 0) is 30.5 Å². The quantitative estimate of drug-likeness (QED) is 0.387. The van der Waals surface area contributed by atoms with Crippen molar-refractivity contribution in [1.82, 2.24) is 19.8 Å². The van der Waals surface area contributed by atoms with Gasteiger partial charge in [-0.25, -0.2) is 13.4 Å². The zero-order valence-electron chi connectivity index (χ0n) is 19.6. The number of thiophene rings is 1. The highest BCUT2D eigenvalue weighted by molar-refractivity contribution is 7.94. The summed E-state index contributed by atoms with van der Waals surface area (Å²) in [7, 11) is -3.64. The number of fused-ring (bicyclic) bond motifs is 1. The molecule has 0 radical (unpaired) electrons. The minimum Gasteiger partial charge on any atom is -0.351 e. The number of carbonyl (C=O) groups is 1. The molecule has 1 fully saturated rings. The maximum Gasteiger partial charge on any atom is 0.273 e. The predicted molar refractivity (Wildman–Crippen MR) is 141 cm³/mol. The second kappa shape index (κ2) is 9.73. The summed E-state index contributed by atoms with van der Waals surface area (Å²) < 4.78 is 28.3. The van der Waals surface area contributed by atoms with Crippen molar-refractivity contribution >= 4 is 55.2 Å². The Bertz CT molecular complexity index is 1430. The van der Waals surface area contributed by atoms with Gasteiger partial charge in [-0.2, -0.15) is 0 Å². The summed E-state index contributed by atoms with van der Waals surface area (Å²) in [6.45, 7) is 7.82. The average molecular weight is 530 g/mol. The van der Waals surface area contributed by atoms with Gasteiger partial charge in [-0.1, -0.05) is 18.2 Å². The Labute approximate surface area is 212 Å². The van der Waals surface area contributed by atoms with Crippen molar-refractivity contribution in [3.8, 4) is 10.7 Å². The minimum atomic E-state index is -3.64. The Morgan fingerprint density at radius 2 is 1.97 bits per heavy atom. The van der Waals surface area contributed by atoms with Gasteiger partial charge < -0.3 is 9.88 Å². The number of rotatable bonds is 7. The molecular weight excluding hydrogens is 502 g/mol. The summed E-state index contributed by atoms with van der Waals surface area (Å²) >= 11 is 2.85. The van der Waals surface area contributed by atoms with Gasteiger partial charge >= 0.3 is 0 Å². The number of piperazine rings is 1. The van der Waals surface area contributed by atoms with Crippen LogP contribution in [-0.2, 0) is 21.4 Å². The van der Waals surface area contributed by atoms with Crippen LogP contribution in [0.3, 0.4) is 0 Å². The summed E-state index contributed by atoms with van der Waals surface area (Å²) in [4.78, 5) is 25.0. The third-order valence-corrected chi connectivity index (χ3v) is 10.5. The molecule has 1 N–H and O–H groups in total. The molecule has 0 aliphatic carbocycles. The zero-order chi connectivity index (χ0) is 24.6. The third-order valence-electron chi connectivity index (χ3n) is 6.21. The fourth-order valence-corrected chi connectivity index (χ4v) is 7.91. The first-order chi connectivity index (χ1) is 16.9. The Morgan fingerprint density at radius 1 is 1.17 bits per heavy atom. The molecule has 1 aliphatic rings. The van der Waals surface area contributed by atoms with Crippen molar-refractivity contribution in [1.29, 1.82) is 0 Å². The molecule has 1 amide bonds. The molecule has 3 aromatic heterocycles. The summed E-state index contributed by atoms with van der Waals surface area (Å²) in [5.41, 5.74) is 2.28. The van der Waals surface area contributed by atoms with E-state index in [1.54, 1.807) is 35.8 Å². The number of thiazole rings is 1. The first-order valence-electron chi connectivity index (χ1n) is 11.5. The van der Waals surface area contributed by atoms with Crippen molar-refractivity contribution in [2.24, 2.45) is 0 Å². The molecule has 0 unspecified atom stereocenters. The number of nitrogens with zero attached hydrogens (tertiary/aromatic N) is 4. The molecule has 4 heterocycles. The Hall–Kier alpha value is -2.73. The Morgan fingerprint density at radius 3 is 2.66 bits per heavy atom. The lowest BCUT2D eigenvalue weighted by Gasteiger charge is -2.33. The fourth-order valence-electron chi connectivity index (χ4n) is 4.40. The van der Waals surface area contributed by atoms with Gasteiger partial charge in [0.15, 0.2) is 0 Å². The summed E-state index contributed by atoms with van der Waals surface area (Å²) in [5.74, 6) is 0.132. The highest BCUT2D eigenvalue weighted by Gasteiger charge is 2.27. The van der Waals surface area contributed by atoms with E-state index in [1.807, 2.05) is 42.3 Å². The second-order valence-electron chi connectivity index (χ2n) is 8.44. The number of aromatic amines is 1. The molecule has 1 aromatic carbocycles. The van der Waals surface area contributed by atoms with Crippen molar-refractivity contribution in [2.75, 3.05) is 37.0 Å². The molecular formula is C24H27N5O3S3. The smallest absolute Gasteiger partial charge is 0.273 e. The Kier molecular flexibility index (Phi) is 6.67. The molecule has 0 saturated carbocycles. The number of aromatic nitrogens is 2. The monoisotopic (exact) mass is 529 g/mol. The lowest BCUT2D eigenvalue weighted by molar-refractivity contribution is -0.130. The van der Waals surface area contributed by atoms with Gasteiger partial charge in [0.1, 0.15) is 9.22 Å². The number of H-pyrrole nitrogens is 1. The van der Waals surface area contributed by atoms with E-state index in [0.717, 1.165) is 59.2 Å². The topological polar surface area (TPSA) is 89.6 Å². The van der Waals surface area contributed by atoms with Crippen LogP contribution in [0.2, 0.25) is 0 Å². The highest BCUT2D eigenvalue weighted by atomic mass is 32.2. The fraction of sp³-hybridized carbons (Fsp3) is 0.333. The standard InChI is InChI=1S/C24H27N5O3S3/c1-3-29(35(31,32)22-8-5-13-33-22)21-7-4-6-18-14-20(26-23(18)21)24-25-15-19(34-24)16-27-9-11-28(12-10-27)17(2)30/h4-8,13-15,26H,3,9-12,16H2,1-2H3. The molecule has 184 valence electrons. The highest BCUT2D eigenvalue weighted by Crippen LogP contribution is 2.35. The van der Waals surface area contributed by atoms with Crippen LogP contribution in [0.5, 0.6) is 0 Å². The number of hydrogen-bond acceptors (Lipinski definition) is 7. The molecule has 0 spiro atoms. The average Bonchev–Trinajstić information content (AvgIpc) is 3.60. The maximum absolute atomic E-state index is 13.3. The summed E-state index contributed by atoms with van der Waals surface area (Å²) in [5, 5.41) is 3.58. The van der Waals surface area contributed by atoms with E-state index in [2.05, 4.69) is 14.9 Å². The van der Waals surface area contributed by atoms with Crippen LogP contribution >= 0.6 is 22.7 Å². The normalized spacial score (nSPS) is 15.1. The molecule has 8 nitrogen and oxygen atoms in total. The van der Waals surface area contributed by atoms with Crippen molar-refractivity contribution in [3.05, 3.63) is 52.9 Å². The van der Waals surface area contributed by atoms with Crippen LogP contribution in [0.1, 0.15) is 18.7 Å². The van der Waals surface area contributed by atoms with E-state index >= 15 is 0 Å². The molecule has 1 aliphatic heterocycles. The van der Waals surface area contributed by atoms with Crippen LogP contribution in [0, 0.1) is 0 Å². The molecule has 0 bridgehead atoms. The van der Waals surface area contributed by atoms with E-state index in [-0.39, 0.29) is 5.91 Å². The third kappa shape index (κ3) is 4.73. The SMILES string of the molecule is CCN(c1cccc2cc(-c3ncc(CN4CCN(C(C)=O)CC4)s3)[nH]c12)S(=O)(=O)c1cccs1. The van der Waals surface area contributed by atoms with Crippen molar-refractivity contribution in [2.45, 2.75) is 24.6 Å². The zero-order valence-corrected chi connectivity index (χ0v) is 22.0. The Balaban J connectivity index is 1.39. The van der Waals surface area contributed by atoms with Crippen LogP contribution < -0.4 is 4.31 Å². The molecule has 35 heavy (non-hydrogen) atoms. The first-order valence-corrected chi connectivity index (χ1v) is 14.6. The summed E-state index contributed by atoms with van der Waals surface area (Å²) in [6.07, 6.45) is 1.91. The van der Waals surface area contributed by atoms with Gasteiger partial charge in [0.05, 0.1) is 16.9 Å². The lowest BCUT2D eigenvalue weighted by atomic mass is 10.2. The largest absolute Gasteiger partial charge is 0.351 e. The molecule has 0 atom stereocenters. The number of amides is 1. The molecule has 5 rings (SSSR count). The number of carbonyl (C=O) groups excluding carboxylic acids is 1. The molecule has 1 saturated heterocycles. The minimum absolute atomic E-state index is 0.132. The number of para-hydroxylation sites is 1. The van der Waals surface area contributed by atoms with Gasteiger partial charge in [-0.15, -0.1) is 22.7 Å². The van der Waals surface area contributed by atoms with E-state index in [4.69, 9.17) is 0 Å².